The molecule has 0 aromatic carbocycles. The molecule has 4 rings (SSSR count). The van der Waals surface area contributed by atoms with Crippen molar-refractivity contribution < 1.29 is 14.3 Å². The molecular formula is C53H98O3. The molecule has 0 aromatic heterocycles. The standard InChI is InChI=1S/4C12H22.C5H10O3/c4*1-2-4-6-8-10-12-11-9-7-5-3-1;1-4(6)8-5(2)7-3/h4*1-2H,3-12H2;5H,1-3H3. The quantitative estimate of drug-likeness (QED) is 0.159. The van der Waals surface area contributed by atoms with E-state index < -0.39 is 6.29 Å². The first-order valence-corrected chi connectivity index (χ1v) is 25.0. The van der Waals surface area contributed by atoms with Crippen molar-refractivity contribution in [2.24, 2.45) is 0 Å². The van der Waals surface area contributed by atoms with E-state index in [9.17, 15) is 4.79 Å². The van der Waals surface area contributed by atoms with Crippen LogP contribution in [-0.2, 0) is 14.3 Å². The number of carbonyl (C=O) groups is 1. The highest BCUT2D eigenvalue weighted by atomic mass is 16.7. The lowest BCUT2D eigenvalue weighted by atomic mass is 10.0. The Kier molecular flexibility index (Phi) is 48.1. The number of ether oxygens (including phenoxy) is 2. The third-order valence-corrected chi connectivity index (χ3v) is 11.3. The summed E-state index contributed by atoms with van der Waals surface area (Å²) in [6, 6.07) is 0. The van der Waals surface area contributed by atoms with Crippen LogP contribution in [0.2, 0.25) is 0 Å². The van der Waals surface area contributed by atoms with Gasteiger partial charge in [0, 0.05) is 14.0 Å². The van der Waals surface area contributed by atoms with Crippen molar-refractivity contribution in [3.63, 3.8) is 0 Å². The molecule has 3 heteroatoms. The Hall–Kier alpha value is -1.61. The van der Waals surface area contributed by atoms with Crippen LogP contribution in [0.25, 0.3) is 0 Å². The fourth-order valence-electron chi connectivity index (χ4n) is 7.56. The van der Waals surface area contributed by atoms with Gasteiger partial charge in [-0.2, -0.15) is 0 Å². The summed E-state index contributed by atoms with van der Waals surface area (Å²) in [5.41, 5.74) is 0. The first-order chi connectivity index (χ1) is 27.7. The Morgan fingerprint density at radius 1 is 0.321 bits per heavy atom. The predicted molar refractivity (Wildman–Crippen MR) is 249 cm³/mol. The number of esters is 1. The minimum atomic E-state index is -0.424. The van der Waals surface area contributed by atoms with Crippen LogP contribution in [0.1, 0.15) is 271 Å². The molecule has 1 atom stereocenters. The minimum absolute atomic E-state index is 0.320. The third-order valence-electron chi connectivity index (χ3n) is 11.3. The van der Waals surface area contributed by atoms with Gasteiger partial charge in [0.05, 0.1) is 0 Å². The Balaban J connectivity index is 0.000000680. The summed E-state index contributed by atoms with van der Waals surface area (Å²) in [5.74, 6) is -0.320. The summed E-state index contributed by atoms with van der Waals surface area (Å²) in [6.45, 7) is 3.00. The molecule has 4 aliphatic rings. The average Bonchev–Trinajstić information content (AvgIpc) is 3.17. The van der Waals surface area contributed by atoms with Crippen LogP contribution in [0.4, 0.5) is 0 Å². The van der Waals surface area contributed by atoms with E-state index in [1.54, 1.807) is 6.92 Å². The van der Waals surface area contributed by atoms with Crippen molar-refractivity contribution in [2.75, 3.05) is 7.11 Å². The number of carbonyl (C=O) groups excluding carboxylic acids is 1. The van der Waals surface area contributed by atoms with Crippen LogP contribution in [0, 0.1) is 0 Å². The second-order valence-corrected chi connectivity index (χ2v) is 16.9. The largest absolute Gasteiger partial charge is 0.436 e. The Labute approximate surface area is 351 Å². The second kappa shape index (κ2) is 49.5. The SMILES string of the molecule is C1=CCCCCCCCCCC1.C1=CCCCCCCCCCC1.C1=CCCCCCCCCCC1.C1=CCCCCCCCCCC1.COC(C)OC(C)=O. The lowest BCUT2D eigenvalue weighted by Gasteiger charge is -2.07. The fourth-order valence-corrected chi connectivity index (χ4v) is 7.56. The molecule has 0 radical (unpaired) electrons. The van der Waals surface area contributed by atoms with Gasteiger partial charge in [-0.1, -0.05) is 203 Å². The number of rotatable bonds is 2. The van der Waals surface area contributed by atoms with Crippen LogP contribution in [-0.4, -0.2) is 19.4 Å². The van der Waals surface area contributed by atoms with Crippen molar-refractivity contribution in [3.8, 4) is 0 Å². The molecule has 4 aliphatic carbocycles. The van der Waals surface area contributed by atoms with E-state index in [0.29, 0.717) is 0 Å². The van der Waals surface area contributed by atoms with Crippen LogP contribution in [0.15, 0.2) is 48.6 Å². The van der Waals surface area contributed by atoms with Crippen LogP contribution < -0.4 is 0 Å². The average molecular weight is 783 g/mol. The van der Waals surface area contributed by atoms with Crippen LogP contribution in [0.5, 0.6) is 0 Å². The van der Waals surface area contributed by atoms with Gasteiger partial charge in [-0.3, -0.25) is 4.79 Å². The summed E-state index contributed by atoms with van der Waals surface area (Å²) in [4.78, 5) is 10.1. The van der Waals surface area contributed by atoms with Crippen molar-refractivity contribution >= 4 is 5.97 Å². The van der Waals surface area contributed by atoms with Gasteiger partial charge in [0.1, 0.15) is 0 Å². The van der Waals surface area contributed by atoms with Gasteiger partial charge in [0.2, 0.25) is 0 Å². The van der Waals surface area contributed by atoms with Crippen molar-refractivity contribution in [2.45, 2.75) is 277 Å². The molecular weight excluding hydrogens is 685 g/mol. The van der Waals surface area contributed by atoms with Gasteiger partial charge in [-0.25, -0.2) is 0 Å². The topological polar surface area (TPSA) is 35.5 Å². The maximum Gasteiger partial charge on any atom is 0.304 e. The molecule has 0 saturated carbocycles. The maximum absolute atomic E-state index is 10.1. The van der Waals surface area contributed by atoms with E-state index in [1.165, 1.54) is 271 Å². The van der Waals surface area contributed by atoms with Crippen LogP contribution in [0.3, 0.4) is 0 Å². The Morgan fingerprint density at radius 3 is 0.571 bits per heavy atom. The molecule has 0 heterocycles. The third kappa shape index (κ3) is 50.4. The van der Waals surface area contributed by atoms with Crippen molar-refractivity contribution in [1.82, 2.24) is 0 Å². The second-order valence-electron chi connectivity index (χ2n) is 16.9. The summed E-state index contributed by atoms with van der Waals surface area (Å²) in [7, 11) is 1.48. The maximum atomic E-state index is 10.1. The number of hydrogen-bond donors (Lipinski definition) is 0. The van der Waals surface area contributed by atoms with E-state index in [2.05, 4.69) is 58.1 Å². The summed E-state index contributed by atoms with van der Waals surface area (Å²) in [6.07, 6.45) is 75.6. The first-order valence-electron chi connectivity index (χ1n) is 25.0. The van der Waals surface area contributed by atoms with Gasteiger partial charge < -0.3 is 9.47 Å². The molecule has 56 heavy (non-hydrogen) atoms. The highest BCUT2D eigenvalue weighted by Crippen LogP contribution is 2.16. The zero-order chi connectivity index (χ0) is 40.5. The molecule has 0 saturated heterocycles. The molecule has 0 amide bonds. The van der Waals surface area contributed by atoms with E-state index >= 15 is 0 Å². The van der Waals surface area contributed by atoms with Crippen molar-refractivity contribution in [1.29, 1.82) is 0 Å². The summed E-state index contributed by atoms with van der Waals surface area (Å²) >= 11 is 0. The smallest absolute Gasteiger partial charge is 0.304 e. The number of hydrogen-bond acceptors (Lipinski definition) is 3. The van der Waals surface area contributed by atoms with E-state index in [-0.39, 0.29) is 5.97 Å². The Morgan fingerprint density at radius 2 is 0.464 bits per heavy atom. The highest BCUT2D eigenvalue weighted by Gasteiger charge is 2.00. The van der Waals surface area contributed by atoms with Crippen molar-refractivity contribution in [3.05, 3.63) is 48.6 Å². The minimum Gasteiger partial charge on any atom is -0.436 e. The fraction of sp³-hybridized carbons (Fsp3) is 0.830. The molecule has 0 spiro atoms. The van der Waals surface area contributed by atoms with Gasteiger partial charge in [0.15, 0.2) is 6.29 Å². The molecule has 3 nitrogen and oxygen atoms in total. The lowest BCUT2D eigenvalue weighted by Crippen LogP contribution is -2.13. The van der Waals surface area contributed by atoms with E-state index in [0.717, 1.165) is 0 Å². The summed E-state index contributed by atoms with van der Waals surface area (Å²) < 4.78 is 9.16. The molecule has 0 N–H and O–H groups in total. The monoisotopic (exact) mass is 783 g/mol. The van der Waals surface area contributed by atoms with Gasteiger partial charge in [-0.15, -0.1) is 0 Å². The molecule has 0 aromatic rings. The normalized spacial score (nSPS) is 21.3. The highest BCUT2D eigenvalue weighted by molar-refractivity contribution is 5.65. The van der Waals surface area contributed by atoms with Crippen LogP contribution >= 0.6 is 0 Å². The molecule has 0 fully saturated rings. The number of allylic oxidation sites excluding steroid dienone is 8. The van der Waals surface area contributed by atoms with Gasteiger partial charge in [0.25, 0.3) is 0 Å². The molecule has 0 aliphatic heterocycles. The van der Waals surface area contributed by atoms with Gasteiger partial charge in [-0.05, 0) is 110 Å². The molecule has 1 unspecified atom stereocenters. The molecule has 328 valence electrons. The predicted octanol–water partition coefficient (Wildman–Crippen LogP) is 18.4. The molecule has 0 bridgehead atoms. The van der Waals surface area contributed by atoms with E-state index in [4.69, 9.17) is 0 Å². The van der Waals surface area contributed by atoms with E-state index in [1.807, 2.05) is 0 Å². The zero-order valence-electron chi connectivity index (χ0n) is 38.2. The zero-order valence-corrected chi connectivity index (χ0v) is 38.2. The van der Waals surface area contributed by atoms with Gasteiger partial charge >= 0.3 is 5.97 Å². The first kappa shape index (κ1) is 54.4. The summed E-state index contributed by atoms with van der Waals surface area (Å²) in [5, 5.41) is 0. The Bertz CT molecular complexity index is 694. The number of methoxy groups -OCH3 is 1. The lowest BCUT2D eigenvalue weighted by molar-refractivity contribution is -0.166.